The topological polar surface area (TPSA) is 107 Å². The smallest absolute Gasteiger partial charge is 0.460 e. The number of ether oxygens (including phenoxy) is 5. The number of hydrogen-bond acceptors (Lipinski definition) is 9. The molecule has 0 bridgehead atoms. The minimum absolute atomic E-state index is 0.00846. The Morgan fingerprint density at radius 2 is 0.787 bits per heavy atom. The van der Waals surface area contributed by atoms with E-state index in [1.165, 1.54) is 0 Å². The second-order valence-corrected chi connectivity index (χ2v) is 26.5. The van der Waals surface area contributed by atoms with Gasteiger partial charge >= 0.3 is 113 Å². The molecule has 0 fully saturated rings. The number of carbonyl (C=O) groups excluding carboxylic acids is 3. The Morgan fingerprint density at radius 1 is 0.447 bits per heavy atom. The number of rotatable bonds is 27. The largest absolute Gasteiger partial charge is 0.494 e. The van der Waals surface area contributed by atoms with Crippen molar-refractivity contribution in [2.24, 2.45) is 0 Å². The maximum Gasteiger partial charge on any atom is 0.460 e. The van der Waals surface area contributed by atoms with Gasteiger partial charge in [-0.1, -0.05) is 39.8 Å². The van der Waals surface area contributed by atoms with Gasteiger partial charge in [0.1, 0.15) is 36.3 Å². The molecule has 1 aromatic rings. The fourth-order valence-corrected chi connectivity index (χ4v) is 13.0. The lowest BCUT2D eigenvalue weighted by Gasteiger charge is -2.45. The molecule has 94 heavy (non-hydrogen) atoms. The first-order chi connectivity index (χ1) is 41.6. The third-order valence-corrected chi connectivity index (χ3v) is 19.8. The van der Waals surface area contributed by atoms with Crippen molar-refractivity contribution in [3.8, 4) is 5.75 Å². The van der Waals surface area contributed by atoms with Crippen molar-refractivity contribution in [3.05, 3.63) is 54.1 Å². The van der Waals surface area contributed by atoms with Crippen LogP contribution in [0.25, 0.3) is 0 Å². The van der Waals surface area contributed by atoms with Gasteiger partial charge in [-0.25, -0.2) is 9.59 Å². The van der Waals surface area contributed by atoms with E-state index in [2.05, 4.69) is 0 Å². The summed E-state index contributed by atoms with van der Waals surface area (Å²) in [5, 5.41) is 0. The molecule has 0 N–H and O–H groups in total. The predicted molar refractivity (Wildman–Crippen MR) is 251 cm³/mol. The molecule has 0 saturated carbocycles. The number of halogens is 34. The van der Waals surface area contributed by atoms with Crippen molar-refractivity contribution in [1.82, 2.24) is 0 Å². The van der Waals surface area contributed by atoms with Crippen molar-refractivity contribution in [2.75, 3.05) is 6.61 Å². The third kappa shape index (κ3) is 15.6. The van der Waals surface area contributed by atoms with E-state index >= 15 is 17.6 Å². The molecule has 0 spiro atoms. The Morgan fingerprint density at radius 3 is 1.17 bits per heavy atom. The molecule has 1 heterocycles. The molecule has 1 aliphatic heterocycles. The van der Waals surface area contributed by atoms with E-state index in [0.717, 1.165) is 78.8 Å². The van der Waals surface area contributed by atoms with E-state index in [1.807, 2.05) is 0 Å². The lowest BCUT2D eigenvalue weighted by molar-refractivity contribution is -0.461. The maximum absolute atomic E-state index is 15.4. The fraction of sp³-hybridized carbons (Fsp3) is 0.740. The molecule has 1 aromatic carbocycles. The van der Waals surface area contributed by atoms with Gasteiger partial charge in [0.05, 0.1) is 19.6 Å². The minimum Gasteiger partial charge on any atom is -0.494 e. The summed E-state index contributed by atoms with van der Waals surface area (Å²) in [6.07, 6.45) is -30.0. The monoisotopic (exact) mass is 1470 g/mol. The second kappa shape index (κ2) is 27.9. The Balaban J connectivity index is 2.44. The van der Waals surface area contributed by atoms with Crippen molar-refractivity contribution >= 4 is 26.2 Å². The molecule has 0 aliphatic carbocycles. The molecule has 0 radical (unpaired) electrons. The van der Waals surface area contributed by atoms with Crippen LogP contribution in [0.4, 0.5) is 149 Å². The first-order valence-electron chi connectivity index (χ1n) is 26.0. The summed E-state index contributed by atoms with van der Waals surface area (Å²) in [4.78, 5) is 39.1. The Bertz CT molecular complexity index is 2790. The molecule has 0 amide bonds. The number of cyclic esters (lactones) is 3. The van der Waals surface area contributed by atoms with Crippen LogP contribution in [0.3, 0.4) is 0 Å². The van der Waals surface area contributed by atoms with Gasteiger partial charge in [-0.2, -0.15) is 149 Å². The highest BCUT2D eigenvalue weighted by Crippen LogP contribution is 2.67. The Hall–Kier alpha value is -5.33. The van der Waals surface area contributed by atoms with Gasteiger partial charge in [-0.15, -0.1) is 0 Å². The van der Waals surface area contributed by atoms with Crippen LogP contribution in [-0.4, -0.2) is 159 Å². The van der Waals surface area contributed by atoms with E-state index in [0.29, 0.717) is 18.2 Å². The molecular weight excluding hydrogens is 1420 g/mol. The van der Waals surface area contributed by atoms with Gasteiger partial charge in [-0.3, -0.25) is 4.79 Å². The summed E-state index contributed by atoms with van der Waals surface area (Å²) in [6, 6.07) is 2.11. The molecular formula is C50H50F34O9Si. The van der Waals surface area contributed by atoms with Gasteiger partial charge < -0.3 is 28.1 Å². The van der Waals surface area contributed by atoms with E-state index in [1.54, 1.807) is 0 Å². The third-order valence-electron chi connectivity index (χ3n) is 14.1. The van der Waals surface area contributed by atoms with Gasteiger partial charge in [0.15, 0.2) is 8.32 Å². The molecule has 9 nitrogen and oxygen atoms in total. The van der Waals surface area contributed by atoms with Crippen molar-refractivity contribution in [2.45, 2.75) is 224 Å². The standard InChI is InChI=1S/C50H50F34O9Si/c1-23(2)94(24(3)4,20-18-36(53,54)38(57,58)40(61,62)42(65,66)44(69,70)46(73,74)48(77,78)50(82,83)84)93-31-14-16-32(85)90-25(5)21-34(87)92-26(6)30(13-15-33(86)91-27(31)7)89-22-28-9-11-29(12-10-28)88-19-8-17-35(51,52)37(55,56)39(59,60)41(63,64)43(67,68)45(71,72)47(75,76)49(79,80)81/h9-16,23-27,30-31H,8,17-22H2,1-7H3/b15-13+,16-14+/t25-,26-,27-,30+,31+/m0/s1. The lowest BCUT2D eigenvalue weighted by atomic mass is 9.88. The Labute approximate surface area is 507 Å². The lowest BCUT2D eigenvalue weighted by Crippen LogP contribution is -2.74. The molecule has 546 valence electrons. The zero-order valence-corrected chi connectivity index (χ0v) is 49.1. The fourth-order valence-electron chi connectivity index (χ4n) is 8.36. The summed E-state index contributed by atoms with van der Waals surface area (Å²) < 4.78 is 504. The number of benzene rings is 1. The van der Waals surface area contributed by atoms with E-state index in [4.69, 9.17) is 28.1 Å². The van der Waals surface area contributed by atoms with Crippen LogP contribution in [0.15, 0.2) is 48.6 Å². The highest BCUT2D eigenvalue weighted by atomic mass is 28.4. The van der Waals surface area contributed by atoms with Gasteiger partial charge in [0.2, 0.25) is 0 Å². The number of alkyl halides is 34. The van der Waals surface area contributed by atoms with Crippen molar-refractivity contribution in [1.29, 1.82) is 0 Å². The summed E-state index contributed by atoms with van der Waals surface area (Å²) in [5.74, 6) is -121. The molecule has 44 heteroatoms. The molecule has 5 atom stereocenters. The van der Waals surface area contributed by atoms with Crippen molar-refractivity contribution in [3.63, 3.8) is 0 Å². The summed E-state index contributed by atoms with van der Waals surface area (Å²) >= 11 is 0. The van der Waals surface area contributed by atoms with Gasteiger partial charge in [0.25, 0.3) is 0 Å². The zero-order chi connectivity index (χ0) is 74.3. The second-order valence-electron chi connectivity index (χ2n) is 21.5. The van der Waals surface area contributed by atoms with Crippen LogP contribution in [0, 0.1) is 0 Å². The van der Waals surface area contributed by atoms with E-state index in [9.17, 15) is 146 Å². The predicted octanol–water partition coefficient (Wildman–Crippen LogP) is 17.6. The maximum atomic E-state index is 15.4. The Kier molecular flexibility index (Phi) is 25.1. The first kappa shape index (κ1) is 84.8. The highest BCUT2D eigenvalue weighted by Gasteiger charge is 2.97. The van der Waals surface area contributed by atoms with Crippen LogP contribution in [0.5, 0.6) is 5.75 Å². The van der Waals surface area contributed by atoms with Crippen LogP contribution >= 0.6 is 0 Å². The molecule has 0 saturated heterocycles. The average molecular weight is 1470 g/mol. The normalized spacial score (nSPS) is 21.5. The number of hydrogen-bond donors (Lipinski definition) is 0. The summed E-state index contributed by atoms with van der Waals surface area (Å²) in [7, 11) is -4.70. The van der Waals surface area contributed by atoms with E-state index in [-0.39, 0.29) is 5.56 Å². The zero-order valence-electron chi connectivity index (χ0n) is 48.1. The summed E-state index contributed by atoms with van der Waals surface area (Å²) in [6.45, 7) is 5.43. The molecule has 2 rings (SSSR count). The first-order valence-corrected chi connectivity index (χ1v) is 28.3. The number of esters is 3. The van der Waals surface area contributed by atoms with Gasteiger partial charge in [0, 0.05) is 25.0 Å². The van der Waals surface area contributed by atoms with Crippen molar-refractivity contribution < 1.29 is 192 Å². The quantitative estimate of drug-likeness (QED) is 0.0280. The van der Waals surface area contributed by atoms with Crippen LogP contribution < -0.4 is 4.74 Å². The van der Waals surface area contributed by atoms with Gasteiger partial charge in [-0.05, 0) is 74.2 Å². The molecule has 0 unspecified atom stereocenters. The molecule has 0 aromatic heterocycles. The average Bonchev–Trinajstić information content (AvgIpc) is 0.703. The molecule has 1 aliphatic rings. The minimum atomic E-state index is -8.89. The number of carbonyl (C=O) groups is 3. The SMILES string of the molecule is CC(C)[Si](CCC(F)(F)C(F)(F)C(F)(F)C(F)(F)C(F)(F)C(F)(F)C(F)(F)C(F)(F)F)(O[C@@H]1/C=C/C(=O)O[C@@H](C)CC(=O)O[C@@H](C)[C@H](OCc2ccc(OCCCC(F)(F)C(F)(F)C(F)(F)C(F)(F)C(F)(F)C(F)(F)C(F)(F)C(F)(F)F)cc2)/C=C/C(=O)O[C@H]1C)C(C)C. The van der Waals surface area contributed by atoms with Crippen LogP contribution in [0.2, 0.25) is 17.1 Å². The van der Waals surface area contributed by atoms with Crippen LogP contribution in [-0.2, 0) is 44.4 Å². The summed E-state index contributed by atoms with van der Waals surface area (Å²) in [5.41, 5.74) is -2.61. The van der Waals surface area contributed by atoms with E-state index < -0.39 is 214 Å². The van der Waals surface area contributed by atoms with Crippen LogP contribution in [0.1, 0.15) is 79.7 Å². The highest BCUT2D eigenvalue weighted by molar-refractivity contribution is 6.76.